The summed E-state index contributed by atoms with van der Waals surface area (Å²) in [6.07, 6.45) is -0.157. The Morgan fingerprint density at radius 3 is 2.95 bits per heavy atom. The molecule has 1 aromatic rings. The number of hydrogen-bond acceptors (Lipinski definition) is 6. The smallest absolute Gasteiger partial charge is 0.269 e. The predicted molar refractivity (Wildman–Crippen MR) is 76.4 cm³/mol. The van der Waals surface area contributed by atoms with E-state index in [1.54, 1.807) is 25.3 Å². The van der Waals surface area contributed by atoms with Crippen LogP contribution in [-0.2, 0) is 20.6 Å². The number of fused-ring (bicyclic) bond motifs is 1. The summed E-state index contributed by atoms with van der Waals surface area (Å²) in [4.78, 5) is 0. The monoisotopic (exact) mass is 317 g/mol. The van der Waals surface area contributed by atoms with E-state index in [1.165, 1.54) is 0 Å². The SMILES string of the molecule is COCCNCC1COc2ccc(CS(=O)(=O)O)cc2O1. The Morgan fingerprint density at radius 2 is 2.24 bits per heavy atom. The van der Waals surface area contributed by atoms with E-state index in [0.29, 0.717) is 43.4 Å². The molecule has 1 heterocycles. The first-order valence-corrected chi connectivity index (χ1v) is 8.16. The van der Waals surface area contributed by atoms with Gasteiger partial charge in [-0.15, -0.1) is 0 Å². The van der Waals surface area contributed by atoms with Gasteiger partial charge in [0.2, 0.25) is 0 Å². The van der Waals surface area contributed by atoms with Gasteiger partial charge < -0.3 is 19.5 Å². The Balaban J connectivity index is 1.96. The van der Waals surface area contributed by atoms with Crippen LogP contribution in [0.3, 0.4) is 0 Å². The molecular weight excluding hydrogens is 298 g/mol. The average molecular weight is 317 g/mol. The lowest BCUT2D eigenvalue weighted by molar-refractivity contribution is 0.0883. The molecule has 0 amide bonds. The summed E-state index contributed by atoms with van der Waals surface area (Å²) in [6.45, 7) is 2.35. The van der Waals surface area contributed by atoms with Crippen LogP contribution < -0.4 is 14.8 Å². The zero-order chi connectivity index (χ0) is 15.3. The van der Waals surface area contributed by atoms with Crippen molar-refractivity contribution >= 4 is 10.1 Å². The van der Waals surface area contributed by atoms with Gasteiger partial charge in [0.1, 0.15) is 18.5 Å². The Hall–Kier alpha value is -1.35. The van der Waals surface area contributed by atoms with E-state index in [2.05, 4.69) is 5.32 Å². The van der Waals surface area contributed by atoms with Crippen LogP contribution in [-0.4, -0.2) is 52.5 Å². The lowest BCUT2D eigenvalue weighted by atomic mass is 10.2. The van der Waals surface area contributed by atoms with Gasteiger partial charge in [-0.3, -0.25) is 4.55 Å². The van der Waals surface area contributed by atoms with Crippen LogP contribution in [0.4, 0.5) is 0 Å². The molecule has 21 heavy (non-hydrogen) atoms. The van der Waals surface area contributed by atoms with Gasteiger partial charge in [-0.1, -0.05) is 6.07 Å². The zero-order valence-electron chi connectivity index (χ0n) is 11.7. The topological polar surface area (TPSA) is 94.1 Å². The van der Waals surface area contributed by atoms with Gasteiger partial charge in [0, 0.05) is 20.2 Å². The van der Waals surface area contributed by atoms with E-state index in [0.717, 1.165) is 0 Å². The molecule has 1 unspecified atom stereocenters. The molecule has 1 aliphatic rings. The van der Waals surface area contributed by atoms with Crippen LogP contribution in [0.15, 0.2) is 18.2 Å². The van der Waals surface area contributed by atoms with E-state index < -0.39 is 15.9 Å². The van der Waals surface area contributed by atoms with Crippen LogP contribution in [0.25, 0.3) is 0 Å². The molecular formula is C13H19NO6S. The van der Waals surface area contributed by atoms with E-state index in [1.807, 2.05) is 0 Å². The summed E-state index contributed by atoms with van der Waals surface area (Å²) in [7, 11) is -2.43. The second-order valence-corrected chi connectivity index (χ2v) is 6.21. The fraction of sp³-hybridized carbons (Fsp3) is 0.538. The van der Waals surface area contributed by atoms with Gasteiger partial charge >= 0.3 is 0 Å². The number of ether oxygens (including phenoxy) is 3. The highest BCUT2D eigenvalue weighted by atomic mass is 32.2. The quantitative estimate of drug-likeness (QED) is 0.557. The molecule has 1 atom stereocenters. The lowest BCUT2D eigenvalue weighted by Gasteiger charge is -2.27. The molecule has 7 nitrogen and oxygen atoms in total. The summed E-state index contributed by atoms with van der Waals surface area (Å²) in [5.74, 6) is 0.614. The normalized spacial score (nSPS) is 17.7. The number of rotatable bonds is 7. The summed E-state index contributed by atoms with van der Waals surface area (Å²) in [6, 6.07) is 4.81. The first kappa shape index (κ1) is 16.0. The molecule has 0 aromatic heterocycles. The van der Waals surface area contributed by atoms with Gasteiger partial charge in [-0.05, 0) is 17.7 Å². The van der Waals surface area contributed by atoms with Gasteiger partial charge in [0.05, 0.1) is 6.61 Å². The highest BCUT2D eigenvalue weighted by Crippen LogP contribution is 2.32. The van der Waals surface area contributed by atoms with Gasteiger partial charge in [0.25, 0.3) is 10.1 Å². The van der Waals surface area contributed by atoms with Crippen LogP contribution in [0.5, 0.6) is 11.5 Å². The summed E-state index contributed by atoms with van der Waals surface area (Å²) < 4.78 is 46.9. The van der Waals surface area contributed by atoms with Crippen LogP contribution in [0.2, 0.25) is 0 Å². The van der Waals surface area contributed by atoms with Crippen LogP contribution in [0, 0.1) is 0 Å². The third-order valence-electron chi connectivity index (χ3n) is 2.93. The standard InChI is InChI=1S/C13H19NO6S/c1-18-5-4-14-7-11-8-19-12-3-2-10(6-13(12)20-11)9-21(15,16)17/h2-3,6,11,14H,4-5,7-9H2,1H3,(H,15,16,17). The van der Waals surface area contributed by atoms with E-state index in [4.69, 9.17) is 18.8 Å². The number of methoxy groups -OCH3 is 1. The second kappa shape index (κ2) is 7.08. The molecule has 0 saturated carbocycles. The summed E-state index contributed by atoms with van der Waals surface area (Å²) in [5, 5.41) is 3.17. The molecule has 2 N–H and O–H groups in total. The molecule has 1 aliphatic heterocycles. The first-order valence-electron chi connectivity index (χ1n) is 6.55. The molecule has 0 fully saturated rings. The summed E-state index contributed by atoms with van der Waals surface area (Å²) >= 11 is 0. The van der Waals surface area contributed by atoms with Crippen molar-refractivity contribution in [3.8, 4) is 11.5 Å². The van der Waals surface area contributed by atoms with E-state index in [-0.39, 0.29) is 6.10 Å². The van der Waals surface area contributed by atoms with Gasteiger partial charge in [0.15, 0.2) is 11.5 Å². The predicted octanol–water partition coefficient (Wildman–Crippen LogP) is 0.450. The molecule has 0 spiro atoms. The highest BCUT2D eigenvalue weighted by Gasteiger charge is 2.21. The zero-order valence-corrected chi connectivity index (χ0v) is 12.6. The number of hydrogen-bond donors (Lipinski definition) is 2. The van der Waals surface area contributed by atoms with Crippen molar-refractivity contribution in [1.29, 1.82) is 0 Å². The molecule has 0 bridgehead atoms. The van der Waals surface area contributed by atoms with Crippen molar-refractivity contribution in [2.24, 2.45) is 0 Å². The van der Waals surface area contributed by atoms with Crippen molar-refractivity contribution in [3.63, 3.8) is 0 Å². The van der Waals surface area contributed by atoms with Crippen molar-refractivity contribution < 1.29 is 27.2 Å². The van der Waals surface area contributed by atoms with Crippen molar-refractivity contribution in [2.45, 2.75) is 11.9 Å². The first-order chi connectivity index (χ1) is 9.98. The average Bonchev–Trinajstić information content (AvgIpc) is 2.41. The lowest BCUT2D eigenvalue weighted by Crippen LogP contribution is -2.39. The highest BCUT2D eigenvalue weighted by molar-refractivity contribution is 7.85. The molecule has 118 valence electrons. The van der Waals surface area contributed by atoms with Gasteiger partial charge in [-0.25, -0.2) is 0 Å². The summed E-state index contributed by atoms with van der Waals surface area (Å²) in [5.41, 5.74) is 0.452. The molecule has 0 radical (unpaired) electrons. The van der Waals surface area contributed by atoms with E-state index in [9.17, 15) is 8.42 Å². The number of benzene rings is 1. The second-order valence-electron chi connectivity index (χ2n) is 4.76. The van der Waals surface area contributed by atoms with E-state index >= 15 is 0 Å². The molecule has 0 aliphatic carbocycles. The molecule has 0 saturated heterocycles. The Labute approximate surface area is 123 Å². The van der Waals surface area contributed by atoms with Crippen molar-refractivity contribution in [2.75, 3.05) is 33.4 Å². The van der Waals surface area contributed by atoms with Gasteiger partial charge in [-0.2, -0.15) is 8.42 Å². The van der Waals surface area contributed by atoms with Crippen molar-refractivity contribution in [1.82, 2.24) is 5.32 Å². The Kier molecular flexibility index (Phi) is 5.40. The third-order valence-corrected chi connectivity index (χ3v) is 3.63. The number of nitrogens with one attached hydrogen (secondary N) is 1. The third kappa shape index (κ3) is 5.16. The molecule has 1 aromatic carbocycles. The fourth-order valence-electron chi connectivity index (χ4n) is 2.00. The molecule has 2 rings (SSSR count). The minimum atomic E-state index is -4.06. The minimum absolute atomic E-state index is 0.157. The maximum Gasteiger partial charge on any atom is 0.269 e. The minimum Gasteiger partial charge on any atom is -0.486 e. The molecule has 8 heteroatoms. The van der Waals surface area contributed by atoms with Crippen molar-refractivity contribution in [3.05, 3.63) is 23.8 Å². The largest absolute Gasteiger partial charge is 0.486 e. The van der Waals surface area contributed by atoms with Crippen LogP contribution >= 0.6 is 0 Å². The Bertz CT molecular complexity index is 574. The maximum absolute atomic E-state index is 10.9. The fourth-order valence-corrected chi connectivity index (χ4v) is 2.60. The maximum atomic E-state index is 10.9. The van der Waals surface area contributed by atoms with Crippen LogP contribution in [0.1, 0.15) is 5.56 Å². The Morgan fingerprint density at radius 1 is 1.43 bits per heavy atom.